The number of rotatable bonds is 5. The molecule has 12 heteroatoms. The first-order valence-electron chi connectivity index (χ1n) is 9.71. The number of primary amides is 1. The lowest BCUT2D eigenvalue weighted by Gasteiger charge is -2.47. The molecule has 6 nitrogen and oxygen atoms in total. The minimum Gasteiger partial charge on any atom is -0.365 e. The van der Waals surface area contributed by atoms with Crippen molar-refractivity contribution in [1.82, 2.24) is 14.7 Å². The van der Waals surface area contributed by atoms with Gasteiger partial charge in [-0.3, -0.25) is 14.3 Å². The van der Waals surface area contributed by atoms with Crippen molar-refractivity contribution in [3.63, 3.8) is 0 Å². The third-order valence-electron chi connectivity index (χ3n) is 5.96. The van der Waals surface area contributed by atoms with E-state index in [2.05, 4.69) is 5.10 Å². The first-order chi connectivity index (χ1) is 14.9. The number of hydrogen-bond acceptors (Lipinski definition) is 3. The molecular weight excluding hydrogens is 459 g/mol. The molecule has 0 saturated heterocycles. The number of benzene rings is 1. The van der Waals surface area contributed by atoms with Gasteiger partial charge in [0, 0.05) is 31.4 Å². The Bertz CT molecular complexity index is 1100. The summed E-state index contributed by atoms with van der Waals surface area (Å²) >= 11 is 5.82. The number of nitrogens with two attached hydrogens (primary N) is 1. The quantitative estimate of drug-likeness (QED) is 0.665. The molecule has 32 heavy (non-hydrogen) atoms. The van der Waals surface area contributed by atoms with Crippen LogP contribution in [0.4, 0.5) is 22.0 Å². The maximum Gasteiger partial charge on any atom is 0.252 e. The van der Waals surface area contributed by atoms with E-state index in [9.17, 15) is 31.5 Å². The minimum absolute atomic E-state index is 0.0103. The largest absolute Gasteiger partial charge is 0.365 e. The highest BCUT2D eigenvalue weighted by Crippen LogP contribution is 2.57. The molecule has 1 aliphatic carbocycles. The van der Waals surface area contributed by atoms with E-state index >= 15 is 0 Å². The predicted octanol–water partition coefficient (Wildman–Crippen LogP) is 3.85. The van der Waals surface area contributed by atoms with Crippen LogP contribution in [0.3, 0.4) is 0 Å². The molecule has 4 rings (SSSR count). The van der Waals surface area contributed by atoms with Crippen LogP contribution in [0.25, 0.3) is 11.3 Å². The molecule has 172 valence electrons. The second-order valence-electron chi connectivity index (χ2n) is 8.25. The molecule has 2 aromatic rings. The number of amides is 2. The van der Waals surface area contributed by atoms with Crippen molar-refractivity contribution < 1.29 is 31.5 Å². The zero-order valence-electron chi connectivity index (χ0n) is 16.6. The van der Waals surface area contributed by atoms with Crippen molar-refractivity contribution in [3.05, 3.63) is 40.3 Å². The highest BCUT2D eigenvalue weighted by molar-refractivity contribution is 6.31. The molecule has 2 amide bonds. The first-order valence-corrected chi connectivity index (χ1v) is 10.1. The highest BCUT2D eigenvalue weighted by atomic mass is 35.5. The molecule has 1 saturated carbocycles. The first kappa shape index (κ1) is 22.5. The number of aromatic nitrogens is 2. The molecule has 1 aromatic heterocycles. The Hall–Kier alpha value is -2.69. The van der Waals surface area contributed by atoms with Gasteiger partial charge in [0.15, 0.2) is 0 Å². The fraction of sp³-hybridized carbons (Fsp3) is 0.450. The molecule has 2 N–H and O–H groups in total. The van der Waals surface area contributed by atoms with Crippen LogP contribution in [0.15, 0.2) is 18.2 Å². The topological polar surface area (TPSA) is 81.2 Å². The molecule has 2 aliphatic rings. The van der Waals surface area contributed by atoms with Gasteiger partial charge in [0.2, 0.25) is 18.3 Å². The van der Waals surface area contributed by atoms with Gasteiger partial charge in [0.05, 0.1) is 34.8 Å². The molecule has 1 fully saturated rings. The number of carbonyl (C=O) groups is 2. The van der Waals surface area contributed by atoms with Crippen LogP contribution in [0.2, 0.25) is 5.02 Å². The molecule has 1 aliphatic heterocycles. The van der Waals surface area contributed by atoms with E-state index in [-0.39, 0.29) is 41.6 Å². The second-order valence-corrected chi connectivity index (χ2v) is 8.66. The lowest BCUT2D eigenvalue weighted by Crippen LogP contribution is -2.53. The van der Waals surface area contributed by atoms with E-state index in [0.29, 0.717) is 5.56 Å². The van der Waals surface area contributed by atoms with Crippen molar-refractivity contribution in [2.24, 2.45) is 11.1 Å². The van der Waals surface area contributed by atoms with Gasteiger partial charge in [-0.1, -0.05) is 11.6 Å². The monoisotopic (exact) mass is 476 g/mol. The fourth-order valence-electron chi connectivity index (χ4n) is 4.38. The SMILES string of the molecule is NC(=O)c1c(-c2ccc(F)c(Cl)c2)nn2c1CN(C(=O)CC1(C(F)F)CC(F)(F)C1)CC2. The summed E-state index contributed by atoms with van der Waals surface area (Å²) in [5.74, 6) is -5.43. The maximum atomic E-state index is 13.5. The summed E-state index contributed by atoms with van der Waals surface area (Å²) in [6, 6.07) is 3.76. The molecule has 0 spiro atoms. The molecule has 2 heterocycles. The number of carbonyl (C=O) groups excluding carboxylic acids is 2. The Labute approximate surface area is 184 Å². The number of alkyl halides is 4. The van der Waals surface area contributed by atoms with E-state index in [0.717, 1.165) is 6.07 Å². The predicted molar refractivity (Wildman–Crippen MR) is 104 cm³/mol. The minimum atomic E-state index is -3.21. The Balaban J connectivity index is 1.61. The van der Waals surface area contributed by atoms with Crippen LogP contribution in [0.5, 0.6) is 0 Å². The Morgan fingerprint density at radius 3 is 2.47 bits per heavy atom. The van der Waals surface area contributed by atoms with Gasteiger partial charge in [-0.2, -0.15) is 5.10 Å². The van der Waals surface area contributed by atoms with Gasteiger partial charge in [0.1, 0.15) is 11.5 Å². The van der Waals surface area contributed by atoms with Crippen LogP contribution >= 0.6 is 11.6 Å². The Morgan fingerprint density at radius 2 is 1.91 bits per heavy atom. The normalized spacial score (nSPS) is 18.9. The number of halogens is 6. The van der Waals surface area contributed by atoms with Crippen LogP contribution in [-0.4, -0.2) is 45.4 Å². The van der Waals surface area contributed by atoms with Gasteiger partial charge in [-0.05, 0) is 18.2 Å². The summed E-state index contributed by atoms with van der Waals surface area (Å²) in [6.45, 7) is 0.0634. The third kappa shape index (κ3) is 3.82. The number of fused-ring (bicyclic) bond motifs is 1. The average Bonchev–Trinajstić information content (AvgIpc) is 3.07. The molecule has 0 radical (unpaired) electrons. The summed E-state index contributed by atoms with van der Waals surface area (Å²) in [4.78, 5) is 26.1. The lowest BCUT2D eigenvalue weighted by molar-refractivity contribution is -0.215. The van der Waals surface area contributed by atoms with Crippen LogP contribution in [-0.2, 0) is 17.9 Å². The van der Waals surface area contributed by atoms with E-state index in [4.69, 9.17) is 17.3 Å². The summed E-state index contributed by atoms with van der Waals surface area (Å²) < 4.78 is 68.5. The maximum absolute atomic E-state index is 13.5. The standard InChI is InChI=1S/C20H18ClF5N4O2/c21-11-5-10(1-2-12(11)22)16-15(17(27)32)13-7-29(3-4-30(13)28-16)14(31)6-19(18(23)24)8-20(25,26)9-19/h1-2,5,18H,3-4,6-9H2,(H2,27,32). The van der Waals surface area contributed by atoms with E-state index in [1.165, 1.54) is 21.7 Å². The fourth-order valence-corrected chi connectivity index (χ4v) is 4.56. The second kappa shape index (κ2) is 7.72. The molecule has 0 atom stereocenters. The van der Waals surface area contributed by atoms with Crippen LogP contribution in [0, 0.1) is 11.2 Å². The zero-order chi connectivity index (χ0) is 23.4. The van der Waals surface area contributed by atoms with E-state index < -0.39 is 54.7 Å². The number of nitrogens with zero attached hydrogens (tertiary/aromatic N) is 3. The van der Waals surface area contributed by atoms with E-state index in [1.54, 1.807) is 0 Å². The van der Waals surface area contributed by atoms with Gasteiger partial charge < -0.3 is 10.6 Å². The molecular formula is C20H18ClF5N4O2. The Kier molecular flexibility index (Phi) is 5.43. The van der Waals surface area contributed by atoms with Gasteiger partial charge in [0.25, 0.3) is 5.91 Å². The van der Waals surface area contributed by atoms with Gasteiger partial charge in [-0.25, -0.2) is 22.0 Å². The molecule has 0 bridgehead atoms. The third-order valence-corrected chi connectivity index (χ3v) is 6.25. The lowest BCUT2D eigenvalue weighted by atomic mass is 9.64. The summed E-state index contributed by atoms with van der Waals surface area (Å²) in [6.07, 6.45) is -5.87. The van der Waals surface area contributed by atoms with Crippen LogP contribution in [0.1, 0.15) is 35.3 Å². The van der Waals surface area contributed by atoms with E-state index in [1.807, 2.05) is 0 Å². The summed E-state index contributed by atoms with van der Waals surface area (Å²) in [5.41, 5.74) is 4.21. The van der Waals surface area contributed by atoms with Gasteiger partial charge in [-0.15, -0.1) is 0 Å². The molecule has 0 unspecified atom stereocenters. The van der Waals surface area contributed by atoms with Crippen molar-refractivity contribution in [1.29, 1.82) is 0 Å². The zero-order valence-corrected chi connectivity index (χ0v) is 17.3. The van der Waals surface area contributed by atoms with Crippen molar-refractivity contribution >= 4 is 23.4 Å². The summed E-state index contributed by atoms with van der Waals surface area (Å²) in [5, 5.41) is 4.15. The average molecular weight is 477 g/mol. The van der Waals surface area contributed by atoms with Crippen molar-refractivity contribution in [2.45, 2.75) is 44.7 Å². The number of hydrogen-bond donors (Lipinski definition) is 1. The summed E-state index contributed by atoms with van der Waals surface area (Å²) in [7, 11) is 0. The van der Waals surface area contributed by atoms with Crippen molar-refractivity contribution in [3.8, 4) is 11.3 Å². The van der Waals surface area contributed by atoms with Gasteiger partial charge >= 0.3 is 0 Å². The van der Waals surface area contributed by atoms with Crippen molar-refractivity contribution in [2.75, 3.05) is 6.54 Å². The molecule has 1 aromatic carbocycles. The Morgan fingerprint density at radius 1 is 1.22 bits per heavy atom. The van der Waals surface area contributed by atoms with Crippen LogP contribution < -0.4 is 5.73 Å². The highest BCUT2D eigenvalue weighted by Gasteiger charge is 2.62. The smallest absolute Gasteiger partial charge is 0.252 e.